The van der Waals surface area contributed by atoms with Crippen molar-refractivity contribution in [1.29, 1.82) is 0 Å². The largest absolute Gasteiger partial charge is 0.399 e. The van der Waals surface area contributed by atoms with Gasteiger partial charge in [-0.1, -0.05) is 19.1 Å². The first kappa shape index (κ1) is 9.71. The van der Waals surface area contributed by atoms with Crippen LogP contribution in [0.25, 0.3) is 11.1 Å². The highest BCUT2D eigenvalue weighted by molar-refractivity contribution is 5.66. The Bertz CT molecular complexity index is 449. The molecule has 0 saturated carbocycles. The van der Waals surface area contributed by atoms with E-state index in [0.717, 1.165) is 17.7 Å². The molecule has 1 aromatic carbocycles. The molecule has 76 valence electrons. The maximum atomic E-state index is 5.86. The van der Waals surface area contributed by atoms with Gasteiger partial charge in [0, 0.05) is 18.1 Å². The van der Waals surface area contributed by atoms with Crippen LogP contribution >= 0.6 is 0 Å². The van der Waals surface area contributed by atoms with E-state index in [1.54, 1.807) is 6.20 Å². The van der Waals surface area contributed by atoms with Crippen molar-refractivity contribution >= 4 is 5.69 Å². The Hall–Kier alpha value is -1.83. The summed E-state index contributed by atoms with van der Waals surface area (Å²) in [6, 6.07) is 10.1. The summed E-state index contributed by atoms with van der Waals surface area (Å²) >= 11 is 0. The Balaban J connectivity index is 2.46. The zero-order chi connectivity index (χ0) is 10.7. The van der Waals surface area contributed by atoms with Gasteiger partial charge in [-0.15, -0.1) is 0 Å². The average Bonchev–Trinajstić information content (AvgIpc) is 2.31. The van der Waals surface area contributed by atoms with E-state index in [9.17, 15) is 0 Å². The van der Waals surface area contributed by atoms with Gasteiger partial charge in [0.1, 0.15) is 0 Å². The minimum Gasteiger partial charge on any atom is -0.399 e. The van der Waals surface area contributed by atoms with E-state index in [2.05, 4.69) is 24.0 Å². The lowest BCUT2D eigenvalue weighted by molar-refractivity contribution is 1.14. The molecule has 2 heteroatoms. The van der Waals surface area contributed by atoms with Crippen LogP contribution in [0.2, 0.25) is 0 Å². The van der Waals surface area contributed by atoms with Crippen LogP contribution in [0.5, 0.6) is 0 Å². The fourth-order valence-electron chi connectivity index (χ4n) is 1.63. The second-order valence-corrected chi connectivity index (χ2v) is 3.51. The Kier molecular flexibility index (Phi) is 2.68. The summed E-state index contributed by atoms with van der Waals surface area (Å²) in [5.41, 5.74) is 10.2. The van der Waals surface area contributed by atoms with Crippen molar-refractivity contribution in [3.8, 4) is 11.1 Å². The first-order chi connectivity index (χ1) is 7.31. The summed E-state index contributed by atoms with van der Waals surface area (Å²) < 4.78 is 0. The molecular weight excluding hydrogens is 184 g/mol. The predicted octanol–water partition coefficient (Wildman–Crippen LogP) is 2.89. The number of aryl methyl sites for hydroxylation is 1. The number of nitrogens with two attached hydrogens (primary N) is 1. The Labute approximate surface area is 89.8 Å². The van der Waals surface area contributed by atoms with Gasteiger partial charge in [0.25, 0.3) is 0 Å². The first-order valence-electron chi connectivity index (χ1n) is 5.10. The second kappa shape index (κ2) is 4.13. The van der Waals surface area contributed by atoms with Gasteiger partial charge in [0.15, 0.2) is 0 Å². The van der Waals surface area contributed by atoms with Crippen LogP contribution in [0.4, 0.5) is 5.69 Å². The number of aromatic nitrogens is 1. The van der Waals surface area contributed by atoms with Crippen LogP contribution in [0.15, 0.2) is 42.7 Å². The fraction of sp³-hybridized carbons (Fsp3) is 0.154. The SMILES string of the molecule is CCc1cc(-c2cccnc2)ccc1N. The molecular formula is C13H14N2. The van der Waals surface area contributed by atoms with E-state index in [1.165, 1.54) is 11.1 Å². The summed E-state index contributed by atoms with van der Waals surface area (Å²) in [5, 5.41) is 0. The van der Waals surface area contributed by atoms with Gasteiger partial charge in [0.2, 0.25) is 0 Å². The average molecular weight is 198 g/mol. The number of pyridine rings is 1. The van der Waals surface area contributed by atoms with Crippen LogP contribution < -0.4 is 5.73 Å². The molecule has 0 amide bonds. The lowest BCUT2D eigenvalue weighted by Crippen LogP contribution is -1.93. The minimum atomic E-state index is 0.866. The zero-order valence-electron chi connectivity index (χ0n) is 8.77. The molecule has 0 saturated heterocycles. The van der Waals surface area contributed by atoms with Gasteiger partial charge in [-0.05, 0) is 41.3 Å². The number of anilines is 1. The van der Waals surface area contributed by atoms with Gasteiger partial charge in [-0.25, -0.2) is 0 Å². The predicted molar refractivity (Wildman–Crippen MR) is 63.5 cm³/mol. The summed E-state index contributed by atoms with van der Waals surface area (Å²) in [5.74, 6) is 0. The van der Waals surface area contributed by atoms with E-state index in [1.807, 2.05) is 24.4 Å². The fourth-order valence-corrected chi connectivity index (χ4v) is 1.63. The lowest BCUT2D eigenvalue weighted by atomic mass is 10.0. The maximum Gasteiger partial charge on any atom is 0.0346 e. The summed E-state index contributed by atoms with van der Waals surface area (Å²) in [4.78, 5) is 4.11. The summed E-state index contributed by atoms with van der Waals surface area (Å²) in [6.07, 6.45) is 4.60. The van der Waals surface area contributed by atoms with Gasteiger partial charge in [0.05, 0.1) is 0 Å². The zero-order valence-corrected chi connectivity index (χ0v) is 8.77. The smallest absolute Gasteiger partial charge is 0.0346 e. The van der Waals surface area contributed by atoms with Crippen molar-refractivity contribution in [2.24, 2.45) is 0 Å². The molecule has 0 radical (unpaired) electrons. The van der Waals surface area contributed by atoms with Gasteiger partial charge < -0.3 is 5.73 Å². The van der Waals surface area contributed by atoms with Crippen molar-refractivity contribution < 1.29 is 0 Å². The summed E-state index contributed by atoms with van der Waals surface area (Å²) in [6.45, 7) is 2.11. The molecule has 1 heterocycles. The quantitative estimate of drug-likeness (QED) is 0.753. The van der Waals surface area contributed by atoms with Crippen LogP contribution in [0.1, 0.15) is 12.5 Å². The Morgan fingerprint density at radius 1 is 1.20 bits per heavy atom. The standard InChI is InChI=1S/C13H14N2/c1-2-10-8-11(5-6-13(10)14)12-4-3-7-15-9-12/h3-9H,2,14H2,1H3. The Morgan fingerprint density at radius 2 is 2.07 bits per heavy atom. The summed E-state index contributed by atoms with van der Waals surface area (Å²) in [7, 11) is 0. The number of hydrogen-bond acceptors (Lipinski definition) is 2. The number of hydrogen-bond donors (Lipinski definition) is 1. The van der Waals surface area contributed by atoms with Gasteiger partial charge >= 0.3 is 0 Å². The van der Waals surface area contributed by atoms with Gasteiger partial charge in [-0.2, -0.15) is 0 Å². The van der Waals surface area contributed by atoms with Crippen molar-refractivity contribution in [3.05, 3.63) is 48.3 Å². The van der Waals surface area contributed by atoms with Crippen LogP contribution in [0.3, 0.4) is 0 Å². The van der Waals surface area contributed by atoms with E-state index in [-0.39, 0.29) is 0 Å². The molecule has 15 heavy (non-hydrogen) atoms. The lowest BCUT2D eigenvalue weighted by Gasteiger charge is -2.06. The van der Waals surface area contributed by atoms with Crippen molar-refractivity contribution in [2.45, 2.75) is 13.3 Å². The van der Waals surface area contributed by atoms with Crippen molar-refractivity contribution in [3.63, 3.8) is 0 Å². The number of rotatable bonds is 2. The highest BCUT2D eigenvalue weighted by atomic mass is 14.6. The third kappa shape index (κ3) is 1.99. The third-order valence-corrected chi connectivity index (χ3v) is 2.52. The maximum absolute atomic E-state index is 5.86. The molecule has 0 fully saturated rings. The second-order valence-electron chi connectivity index (χ2n) is 3.51. The molecule has 0 aliphatic carbocycles. The number of nitrogens with zero attached hydrogens (tertiary/aromatic N) is 1. The molecule has 2 nitrogen and oxygen atoms in total. The molecule has 2 aromatic rings. The van der Waals surface area contributed by atoms with Gasteiger partial charge in [-0.3, -0.25) is 4.98 Å². The molecule has 0 unspecified atom stereocenters. The van der Waals surface area contributed by atoms with E-state index < -0.39 is 0 Å². The van der Waals surface area contributed by atoms with Crippen LogP contribution in [-0.2, 0) is 6.42 Å². The van der Waals surface area contributed by atoms with Crippen molar-refractivity contribution in [1.82, 2.24) is 4.98 Å². The molecule has 1 aromatic heterocycles. The van der Waals surface area contributed by atoms with Crippen LogP contribution in [-0.4, -0.2) is 4.98 Å². The molecule has 2 N–H and O–H groups in total. The Morgan fingerprint density at radius 3 is 2.73 bits per heavy atom. The van der Waals surface area contributed by atoms with E-state index in [0.29, 0.717) is 0 Å². The molecule has 0 aliphatic heterocycles. The number of nitrogen functional groups attached to an aromatic ring is 1. The topological polar surface area (TPSA) is 38.9 Å². The van der Waals surface area contributed by atoms with Crippen molar-refractivity contribution in [2.75, 3.05) is 5.73 Å². The highest BCUT2D eigenvalue weighted by Crippen LogP contribution is 2.23. The first-order valence-corrected chi connectivity index (χ1v) is 5.10. The molecule has 0 atom stereocenters. The molecule has 0 aliphatic rings. The van der Waals surface area contributed by atoms with E-state index >= 15 is 0 Å². The number of benzene rings is 1. The minimum absolute atomic E-state index is 0.866. The third-order valence-electron chi connectivity index (χ3n) is 2.52. The molecule has 0 spiro atoms. The van der Waals surface area contributed by atoms with E-state index in [4.69, 9.17) is 5.73 Å². The van der Waals surface area contributed by atoms with Crippen LogP contribution in [0, 0.1) is 0 Å². The highest BCUT2D eigenvalue weighted by Gasteiger charge is 2.01. The molecule has 2 rings (SSSR count). The molecule has 0 bridgehead atoms. The normalized spacial score (nSPS) is 10.2. The monoisotopic (exact) mass is 198 g/mol.